The summed E-state index contributed by atoms with van der Waals surface area (Å²) in [5.74, 6) is -0.0299. The van der Waals surface area contributed by atoms with E-state index in [0.717, 1.165) is 12.1 Å². The lowest BCUT2D eigenvalue weighted by molar-refractivity contribution is -0.128. The number of benzene rings is 1. The highest BCUT2D eigenvalue weighted by molar-refractivity contribution is 8.01. The standard InChI is InChI=1S/C17H25FN2O3S2/c1-17(2,3)24-13-16(21)19-9-4-10-20(12-11-19)25(22,23)15-7-5-14(18)6-8-15/h5-8H,4,9-13H2,1-3H3. The molecule has 0 spiro atoms. The van der Waals surface area contributed by atoms with E-state index in [4.69, 9.17) is 0 Å². The molecule has 1 aliphatic heterocycles. The van der Waals surface area contributed by atoms with Crippen molar-refractivity contribution >= 4 is 27.7 Å². The molecule has 0 bridgehead atoms. The molecule has 140 valence electrons. The maximum Gasteiger partial charge on any atom is 0.243 e. The van der Waals surface area contributed by atoms with Crippen molar-refractivity contribution in [3.8, 4) is 0 Å². The van der Waals surface area contributed by atoms with Gasteiger partial charge in [0.05, 0.1) is 10.6 Å². The first-order valence-electron chi connectivity index (χ1n) is 8.27. The first-order chi connectivity index (χ1) is 11.6. The number of hydrogen-bond acceptors (Lipinski definition) is 4. The van der Waals surface area contributed by atoms with Crippen molar-refractivity contribution in [1.82, 2.24) is 9.21 Å². The van der Waals surface area contributed by atoms with E-state index in [1.54, 1.807) is 16.7 Å². The molecule has 1 saturated heterocycles. The van der Waals surface area contributed by atoms with E-state index < -0.39 is 15.8 Å². The Balaban J connectivity index is 2.01. The number of sulfonamides is 1. The van der Waals surface area contributed by atoms with E-state index in [9.17, 15) is 17.6 Å². The number of hydrogen-bond donors (Lipinski definition) is 0. The monoisotopic (exact) mass is 388 g/mol. The lowest BCUT2D eigenvalue weighted by Gasteiger charge is -2.24. The van der Waals surface area contributed by atoms with E-state index in [0.29, 0.717) is 31.8 Å². The fraction of sp³-hybridized carbons (Fsp3) is 0.588. The van der Waals surface area contributed by atoms with Crippen LogP contribution in [0.2, 0.25) is 0 Å². The topological polar surface area (TPSA) is 57.7 Å². The molecule has 1 heterocycles. The molecule has 0 atom stereocenters. The molecule has 0 unspecified atom stereocenters. The van der Waals surface area contributed by atoms with Crippen LogP contribution in [0.1, 0.15) is 27.2 Å². The number of halogens is 1. The van der Waals surface area contributed by atoms with Crippen LogP contribution in [0.25, 0.3) is 0 Å². The van der Waals surface area contributed by atoms with E-state index in [1.165, 1.54) is 16.4 Å². The van der Waals surface area contributed by atoms with E-state index in [2.05, 4.69) is 20.8 Å². The normalized spacial score (nSPS) is 17.4. The second-order valence-corrected chi connectivity index (χ2v) is 10.7. The molecule has 2 rings (SSSR count). The summed E-state index contributed by atoms with van der Waals surface area (Å²) in [6.07, 6.45) is 0.590. The largest absolute Gasteiger partial charge is 0.341 e. The number of carbonyl (C=O) groups is 1. The zero-order chi connectivity index (χ0) is 18.7. The molecule has 5 nitrogen and oxygen atoms in total. The highest BCUT2D eigenvalue weighted by atomic mass is 32.2. The summed E-state index contributed by atoms with van der Waals surface area (Å²) in [4.78, 5) is 14.2. The Morgan fingerprint density at radius 1 is 1.12 bits per heavy atom. The third kappa shape index (κ3) is 5.69. The Bertz CT molecular complexity index is 700. The molecule has 1 aromatic carbocycles. The van der Waals surface area contributed by atoms with Crippen LogP contribution in [0.3, 0.4) is 0 Å². The minimum absolute atomic E-state index is 0.0134. The van der Waals surface area contributed by atoms with Crippen LogP contribution < -0.4 is 0 Å². The molecular weight excluding hydrogens is 363 g/mol. The summed E-state index contributed by atoms with van der Waals surface area (Å²) in [6, 6.07) is 4.84. The van der Waals surface area contributed by atoms with Gasteiger partial charge in [-0.25, -0.2) is 12.8 Å². The predicted molar refractivity (Wildman–Crippen MR) is 98.6 cm³/mol. The van der Waals surface area contributed by atoms with Crippen molar-refractivity contribution in [1.29, 1.82) is 0 Å². The maximum absolute atomic E-state index is 13.0. The third-order valence-electron chi connectivity index (χ3n) is 3.89. The zero-order valence-electron chi connectivity index (χ0n) is 14.9. The third-order valence-corrected chi connectivity index (χ3v) is 7.06. The molecule has 1 aliphatic rings. The van der Waals surface area contributed by atoms with Crippen molar-refractivity contribution < 1.29 is 17.6 Å². The molecule has 0 radical (unpaired) electrons. The van der Waals surface area contributed by atoms with Crippen LogP contribution in [0.4, 0.5) is 4.39 Å². The van der Waals surface area contributed by atoms with Crippen LogP contribution in [-0.2, 0) is 14.8 Å². The van der Waals surface area contributed by atoms with Gasteiger partial charge in [-0.05, 0) is 30.7 Å². The average Bonchev–Trinajstić information content (AvgIpc) is 2.79. The van der Waals surface area contributed by atoms with Crippen molar-refractivity contribution in [2.24, 2.45) is 0 Å². The fourth-order valence-corrected chi connectivity index (χ4v) is 4.72. The number of amides is 1. The molecule has 25 heavy (non-hydrogen) atoms. The highest BCUT2D eigenvalue weighted by Gasteiger charge is 2.28. The van der Waals surface area contributed by atoms with Gasteiger partial charge in [-0.15, -0.1) is 11.8 Å². The number of nitrogens with zero attached hydrogens (tertiary/aromatic N) is 2. The van der Waals surface area contributed by atoms with Gasteiger partial charge < -0.3 is 4.90 Å². The minimum atomic E-state index is -3.66. The van der Waals surface area contributed by atoms with Crippen LogP contribution in [0.15, 0.2) is 29.2 Å². The predicted octanol–water partition coefficient (Wildman–Crippen LogP) is 2.58. The van der Waals surface area contributed by atoms with Gasteiger partial charge in [0.25, 0.3) is 0 Å². The Morgan fingerprint density at radius 2 is 1.76 bits per heavy atom. The van der Waals surface area contributed by atoms with Gasteiger partial charge in [-0.2, -0.15) is 4.31 Å². The quantitative estimate of drug-likeness (QED) is 0.796. The van der Waals surface area contributed by atoms with Crippen molar-refractivity contribution in [2.45, 2.75) is 36.8 Å². The van der Waals surface area contributed by atoms with Crippen molar-refractivity contribution in [3.05, 3.63) is 30.1 Å². The van der Waals surface area contributed by atoms with E-state index in [-0.39, 0.29) is 22.1 Å². The fourth-order valence-electron chi connectivity index (χ4n) is 2.51. The summed E-state index contributed by atoms with van der Waals surface area (Å²) < 4.78 is 39.8. The van der Waals surface area contributed by atoms with Gasteiger partial charge in [0.2, 0.25) is 15.9 Å². The van der Waals surface area contributed by atoms with Gasteiger partial charge in [-0.1, -0.05) is 20.8 Å². The summed E-state index contributed by atoms with van der Waals surface area (Å²) >= 11 is 1.59. The lowest BCUT2D eigenvalue weighted by Crippen LogP contribution is -2.38. The SMILES string of the molecule is CC(C)(C)SCC(=O)N1CCCN(S(=O)(=O)c2ccc(F)cc2)CC1. The zero-order valence-corrected chi connectivity index (χ0v) is 16.5. The second-order valence-electron chi connectivity index (χ2n) is 6.99. The Hall–Kier alpha value is -1.12. The Kier molecular flexibility index (Phi) is 6.51. The van der Waals surface area contributed by atoms with Crippen LogP contribution >= 0.6 is 11.8 Å². The molecule has 0 aromatic heterocycles. The second kappa shape index (κ2) is 8.05. The van der Waals surface area contributed by atoms with Gasteiger partial charge >= 0.3 is 0 Å². The summed E-state index contributed by atoms with van der Waals surface area (Å²) in [7, 11) is -3.66. The van der Waals surface area contributed by atoms with Crippen molar-refractivity contribution in [3.63, 3.8) is 0 Å². The average molecular weight is 389 g/mol. The summed E-state index contributed by atoms with van der Waals surface area (Å²) in [6.45, 7) is 7.73. The number of thioether (sulfide) groups is 1. The van der Waals surface area contributed by atoms with E-state index >= 15 is 0 Å². The molecule has 1 aromatic rings. The first-order valence-corrected chi connectivity index (χ1v) is 10.7. The summed E-state index contributed by atoms with van der Waals surface area (Å²) in [5, 5.41) is 0. The van der Waals surface area contributed by atoms with Crippen LogP contribution in [0, 0.1) is 5.82 Å². The summed E-state index contributed by atoms with van der Waals surface area (Å²) in [5.41, 5.74) is 0. The smallest absolute Gasteiger partial charge is 0.243 e. The van der Waals surface area contributed by atoms with Crippen LogP contribution in [-0.4, -0.2) is 60.2 Å². The van der Waals surface area contributed by atoms with Crippen LogP contribution in [0.5, 0.6) is 0 Å². The van der Waals surface area contributed by atoms with Gasteiger partial charge in [0, 0.05) is 30.9 Å². The number of rotatable bonds is 4. The van der Waals surface area contributed by atoms with Gasteiger partial charge in [0.15, 0.2) is 0 Å². The Labute approximate surface area is 153 Å². The molecule has 0 aliphatic carbocycles. The molecule has 0 N–H and O–H groups in total. The molecule has 1 fully saturated rings. The first kappa shape index (κ1) is 20.2. The molecular formula is C17H25FN2O3S2. The Morgan fingerprint density at radius 3 is 2.36 bits per heavy atom. The number of carbonyl (C=O) groups excluding carboxylic acids is 1. The van der Waals surface area contributed by atoms with E-state index in [1.807, 2.05) is 0 Å². The molecule has 0 saturated carbocycles. The minimum Gasteiger partial charge on any atom is -0.341 e. The maximum atomic E-state index is 13.0. The van der Waals surface area contributed by atoms with Crippen molar-refractivity contribution in [2.75, 3.05) is 31.9 Å². The lowest BCUT2D eigenvalue weighted by atomic mass is 10.3. The molecule has 8 heteroatoms. The highest BCUT2D eigenvalue weighted by Crippen LogP contribution is 2.24. The van der Waals surface area contributed by atoms with Gasteiger partial charge in [0.1, 0.15) is 5.82 Å². The molecule has 1 amide bonds. The van der Waals surface area contributed by atoms with Gasteiger partial charge in [-0.3, -0.25) is 4.79 Å².